The smallest absolute Gasteiger partial charge is 0.262 e. The van der Waals surface area contributed by atoms with Crippen LogP contribution in [0.4, 0.5) is 5.69 Å². The molecule has 0 aliphatic rings. The zero-order valence-corrected chi connectivity index (χ0v) is 14.0. The summed E-state index contributed by atoms with van der Waals surface area (Å²) in [5.41, 5.74) is 3.61. The summed E-state index contributed by atoms with van der Waals surface area (Å²) < 4.78 is 27.5. The predicted octanol–water partition coefficient (Wildman–Crippen LogP) is 3.99. The van der Waals surface area contributed by atoms with Gasteiger partial charge in [0, 0.05) is 0 Å². The fourth-order valence-electron chi connectivity index (χ4n) is 2.46. The maximum absolute atomic E-state index is 13.0. The third-order valence-corrected chi connectivity index (χ3v) is 5.37. The van der Waals surface area contributed by atoms with Crippen molar-refractivity contribution in [2.24, 2.45) is 0 Å². The zero-order valence-electron chi connectivity index (χ0n) is 13.2. The molecular formula is C18H21NO2S. The van der Waals surface area contributed by atoms with E-state index in [1.807, 2.05) is 51.1 Å². The molecule has 0 aliphatic heterocycles. The number of rotatable bonds is 5. The highest BCUT2D eigenvalue weighted by Crippen LogP contribution is 2.30. The van der Waals surface area contributed by atoms with Gasteiger partial charge >= 0.3 is 0 Å². The quantitative estimate of drug-likeness (QED) is 0.782. The van der Waals surface area contributed by atoms with Crippen molar-refractivity contribution < 1.29 is 8.42 Å². The van der Waals surface area contributed by atoms with E-state index in [9.17, 15) is 8.42 Å². The number of hydrogen-bond donors (Lipinski definition) is 0. The van der Waals surface area contributed by atoms with Crippen LogP contribution in [0.15, 0.2) is 60.0 Å². The highest BCUT2D eigenvalue weighted by molar-refractivity contribution is 7.92. The van der Waals surface area contributed by atoms with Gasteiger partial charge in [-0.3, -0.25) is 4.31 Å². The number of hydrogen-bond acceptors (Lipinski definition) is 2. The van der Waals surface area contributed by atoms with Crippen LogP contribution in [0.3, 0.4) is 0 Å². The van der Waals surface area contributed by atoms with Crippen molar-refractivity contribution in [3.63, 3.8) is 0 Å². The van der Waals surface area contributed by atoms with Crippen molar-refractivity contribution in [2.45, 2.75) is 25.7 Å². The molecule has 0 saturated heterocycles. The van der Waals surface area contributed by atoms with Crippen LogP contribution in [0.1, 0.15) is 16.7 Å². The molecular weight excluding hydrogens is 294 g/mol. The van der Waals surface area contributed by atoms with Crippen molar-refractivity contribution >= 4 is 15.7 Å². The van der Waals surface area contributed by atoms with Crippen molar-refractivity contribution in [2.75, 3.05) is 10.8 Å². The van der Waals surface area contributed by atoms with E-state index >= 15 is 0 Å². The molecule has 0 heterocycles. The SMILES string of the molecule is C=CCN(c1c(C)cccc1C)S(=O)(=O)c1ccc(C)cc1. The van der Waals surface area contributed by atoms with Gasteiger partial charge in [0.05, 0.1) is 17.1 Å². The molecule has 0 aliphatic carbocycles. The number of anilines is 1. The molecule has 2 aromatic rings. The largest absolute Gasteiger partial charge is 0.264 e. The number of para-hydroxylation sites is 1. The van der Waals surface area contributed by atoms with Crippen molar-refractivity contribution in [3.05, 3.63) is 71.8 Å². The summed E-state index contributed by atoms with van der Waals surface area (Å²) in [5, 5.41) is 0. The lowest BCUT2D eigenvalue weighted by molar-refractivity contribution is 0.592. The molecule has 0 amide bonds. The maximum Gasteiger partial charge on any atom is 0.264 e. The van der Waals surface area contributed by atoms with Gasteiger partial charge in [-0.1, -0.05) is 42.0 Å². The van der Waals surface area contributed by atoms with Crippen LogP contribution in [0.2, 0.25) is 0 Å². The average molecular weight is 315 g/mol. The van der Waals surface area contributed by atoms with E-state index < -0.39 is 10.0 Å². The molecule has 0 fully saturated rings. The number of nitrogens with zero attached hydrogens (tertiary/aromatic N) is 1. The summed E-state index contributed by atoms with van der Waals surface area (Å²) in [7, 11) is -3.62. The first-order valence-corrected chi connectivity index (χ1v) is 8.58. The Morgan fingerprint density at radius 2 is 1.55 bits per heavy atom. The summed E-state index contributed by atoms with van der Waals surface area (Å²) in [6.45, 7) is 9.71. The molecule has 2 aromatic carbocycles. The molecule has 116 valence electrons. The second-order valence-electron chi connectivity index (χ2n) is 5.38. The zero-order chi connectivity index (χ0) is 16.3. The van der Waals surface area contributed by atoms with Gasteiger partial charge in [0.2, 0.25) is 0 Å². The van der Waals surface area contributed by atoms with E-state index in [0.717, 1.165) is 22.4 Å². The summed E-state index contributed by atoms with van der Waals surface area (Å²) in [5.74, 6) is 0. The van der Waals surface area contributed by atoms with Gasteiger partial charge in [-0.05, 0) is 44.0 Å². The van der Waals surface area contributed by atoms with Crippen LogP contribution in [0.25, 0.3) is 0 Å². The molecule has 0 saturated carbocycles. The molecule has 0 spiro atoms. The molecule has 0 bridgehead atoms. The number of sulfonamides is 1. The molecule has 22 heavy (non-hydrogen) atoms. The average Bonchev–Trinajstić information content (AvgIpc) is 2.46. The minimum atomic E-state index is -3.62. The molecule has 0 unspecified atom stereocenters. The first-order chi connectivity index (χ1) is 10.4. The number of benzene rings is 2. The molecule has 0 N–H and O–H groups in total. The summed E-state index contributed by atoms with van der Waals surface area (Å²) in [6, 6.07) is 12.7. The maximum atomic E-state index is 13.0. The first kappa shape index (κ1) is 16.3. The fourth-order valence-corrected chi connectivity index (χ4v) is 4.03. The van der Waals surface area contributed by atoms with E-state index in [-0.39, 0.29) is 6.54 Å². The van der Waals surface area contributed by atoms with Crippen molar-refractivity contribution in [1.29, 1.82) is 0 Å². The van der Waals surface area contributed by atoms with Gasteiger partial charge in [0.1, 0.15) is 0 Å². The standard InChI is InChI=1S/C18H21NO2S/c1-5-13-19(18-15(3)7-6-8-16(18)4)22(20,21)17-11-9-14(2)10-12-17/h5-12H,1,13H2,2-4H3. The molecule has 4 heteroatoms. The Hall–Kier alpha value is -2.07. The highest BCUT2D eigenvalue weighted by atomic mass is 32.2. The topological polar surface area (TPSA) is 37.4 Å². The summed E-state index contributed by atoms with van der Waals surface area (Å²) in [4.78, 5) is 0.294. The Morgan fingerprint density at radius 3 is 2.05 bits per heavy atom. The lowest BCUT2D eigenvalue weighted by Crippen LogP contribution is -2.32. The molecule has 3 nitrogen and oxygen atoms in total. The Morgan fingerprint density at radius 1 is 1.00 bits per heavy atom. The Kier molecular flexibility index (Phi) is 4.71. The summed E-state index contributed by atoms with van der Waals surface area (Å²) in [6.07, 6.45) is 1.61. The number of aryl methyl sites for hydroxylation is 3. The van der Waals surface area contributed by atoms with Crippen molar-refractivity contribution in [1.82, 2.24) is 0 Å². The Labute approximate surface area is 133 Å². The van der Waals surface area contributed by atoms with Crippen LogP contribution >= 0.6 is 0 Å². The molecule has 2 rings (SSSR count). The molecule has 0 aromatic heterocycles. The lowest BCUT2D eigenvalue weighted by atomic mass is 10.1. The monoisotopic (exact) mass is 315 g/mol. The summed E-state index contributed by atoms with van der Waals surface area (Å²) >= 11 is 0. The molecule has 0 radical (unpaired) electrons. The van der Waals surface area contributed by atoms with Crippen LogP contribution < -0.4 is 4.31 Å². The predicted molar refractivity (Wildman–Crippen MR) is 91.8 cm³/mol. The second kappa shape index (κ2) is 6.36. The van der Waals surface area contributed by atoms with Gasteiger partial charge < -0.3 is 0 Å². The van der Waals surface area contributed by atoms with E-state index in [1.165, 1.54) is 4.31 Å². The van der Waals surface area contributed by atoms with E-state index in [0.29, 0.717) is 4.90 Å². The normalized spacial score (nSPS) is 11.2. The Bertz CT molecular complexity index is 757. The third-order valence-electron chi connectivity index (χ3n) is 3.59. The van der Waals surface area contributed by atoms with Gasteiger partial charge in [-0.25, -0.2) is 8.42 Å². The van der Waals surface area contributed by atoms with Crippen molar-refractivity contribution in [3.8, 4) is 0 Å². The van der Waals surface area contributed by atoms with Gasteiger partial charge in [-0.2, -0.15) is 0 Å². The van der Waals surface area contributed by atoms with Crippen LogP contribution in [0, 0.1) is 20.8 Å². The second-order valence-corrected chi connectivity index (χ2v) is 7.24. The Balaban J connectivity index is 2.61. The minimum absolute atomic E-state index is 0.238. The third kappa shape index (κ3) is 3.07. The van der Waals surface area contributed by atoms with Gasteiger partial charge in [0.15, 0.2) is 0 Å². The fraction of sp³-hybridized carbons (Fsp3) is 0.222. The molecule has 0 atom stereocenters. The van der Waals surface area contributed by atoms with Gasteiger partial charge in [-0.15, -0.1) is 6.58 Å². The van der Waals surface area contributed by atoms with Gasteiger partial charge in [0.25, 0.3) is 10.0 Å². The van der Waals surface area contributed by atoms with Crippen LogP contribution in [-0.2, 0) is 10.0 Å². The van der Waals surface area contributed by atoms with E-state index in [2.05, 4.69) is 6.58 Å². The van der Waals surface area contributed by atoms with Crippen LogP contribution in [0.5, 0.6) is 0 Å². The minimum Gasteiger partial charge on any atom is -0.262 e. The lowest BCUT2D eigenvalue weighted by Gasteiger charge is -2.26. The first-order valence-electron chi connectivity index (χ1n) is 7.14. The van der Waals surface area contributed by atoms with E-state index in [4.69, 9.17) is 0 Å². The highest BCUT2D eigenvalue weighted by Gasteiger charge is 2.26. The van der Waals surface area contributed by atoms with E-state index in [1.54, 1.807) is 18.2 Å². The van der Waals surface area contributed by atoms with Crippen LogP contribution in [-0.4, -0.2) is 15.0 Å².